The Balaban J connectivity index is 1.55. The molecule has 118 valence electrons. The van der Waals surface area contributed by atoms with Gasteiger partial charge in [-0.1, -0.05) is 30.3 Å². The van der Waals surface area contributed by atoms with Gasteiger partial charge in [-0.15, -0.1) is 10.2 Å². The van der Waals surface area contributed by atoms with Crippen LogP contribution >= 0.6 is 0 Å². The van der Waals surface area contributed by atoms with Crippen LogP contribution in [-0.2, 0) is 13.0 Å². The highest BCUT2D eigenvalue weighted by atomic mass is 19.1. The van der Waals surface area contributed by atoms with Gasteiger partial charge in [0, 0.05) is 11.6 Å². The predicted octanol–water partition coefficient (Wildman–Crippen LogP) is 3.60. The van der Waals surface area contributed by atoms with Gasteiger partial charge in [-0.2, -0.15) is 0 Å². The van der Waals surface area contributed by atoms with Crippen molar-refractivity contribution in [2.24, 2.45) is 0 Å². The molecular formula is C18H18FN3O. The number of halogens is 1. The van der Waals surface area contributed by atoms with Crippen molar-refractivity contribution in [1.82, 2.24) is 15.5 Å². The molecule has 5 heteroatoms. The Bertz CT molecular complexity index is 758. The zero-order chi connectivity index (χ0) is 16.1. The molecular weight excluding hydrogens is 293 g/mol. The highest BCUT2D eigenvalue weighted by Crippen LogP contribution is 2.16. The minimum absolute atomic E-state index is 0.170. The van der Waals surface area contributed by atoms with Crippen LogP contribution in [-0.4, -0.2) is 16.2 Å². The quantitative estimate of drug-likeness (QED) is 0.756. The molecule has 0 fully saturated rings. The monoisotopic (exact) mass is 311 g/mol. The van der Waals surface area contributed by atoms with Crippen molar-refractivity contribution in [3.05, 3.63) is 71.9 Å². The normalized spacial score (nSPS) is 12.3. The molecule has 1 unspecified atom stereocenters. The lowest BCUT2D eigenvalue weighted by molar-refractivity contribution is 0.447. The summed E-state index contributed by atoms with van der Waals surface area (Å²) >= 11 is 0. The van der Waals surface area contributed by atoms with Crippen LogP contribution in [0.15, 0.2) is 59.0 Å². The molecule has 0 amide bonds. The molecule has 0 bridgehead atoms. The third-order valence-electron chi connectivity index (χ3n) is 3.52. The lowest BCUT2D eigenvalue weighted by atomic mass is 10.1. The maximum absolute atomic E-state index is 13.2. The first kappa shape index (κ1) is 15.4. The van der Waals surface area contributed by atoms with E-state index in [1.54, 1.807) is 12.1 Å². The fourth-order valence-electron chi connectivity index (χ4n) is 2.37. The van der Waals surface area contributed by atoms with E-state index in [2.05, 4.69) is 15.5 Å². The first-order valence-electron chi connectivity index (χ1n) is 7.56. The van der Waals surface area contributed by atoms with Gasteiger partial charge in [0.05, 0.1) is 6.54 Å². The van der Waals surface area contributed by atoms with E-state index < -0.39 is 0 Å². The summed E-state index contributed by atoms with van der Waals surface area (Å²) in [5.41, 5.74) is 1.86. The van der Waals surface area contributed by atoms with Gasteiger partial charge in [0.2, 0.25) is 11.8 Å². The first-order valence-corrected chi connectivity index (χ1v) is 7.56. The van der Waals surface area contributed by atoms with Gasteiger partial charge in [-0.3, -0.25) is 0 Å². The Morgan fingerprint density at radius 3 is 2.70 bits per heavy atom. The number of nitrogens with zero attached hydrogens (tertiary/aromatic N) is 2. The third-order valence-corrected chi connectivity index (χ3v) is 3.52. The maximum atomic E-state index is 13.2. The van der Waals surface area contributed by atoms with Gasteiger partial charge in [0.1, 0.15) is 5.82 Å². The summed E-state index contributed by atoms with van der Waals surface area (Å²) in [5.74, 6) is 0.842. The highest BCUT2D eigenvalue weighted by Gasteiger charge is 2.10. The Labute approximate surface area is 134 Å². The topological polar surface area (TPSA) is 51.0 Å². The van der Waals surface area contributed by atoms with Gasteiger partial charge in [-0.25, -0.2) is 4.39 Å². The fraction of sp³-hybridized carbons (Fsp3) is 0.222. The number of hydrogen-bond donors (Lipinski definition) is 1. The highest BCUT2D eigenvalue weighted by molar-refractivity contribution is 5.51. The van der Waals surface area contributed by atoms with Crippen molar-refractivity contribution in [2.45, 2.75) is 25.9 Å². The van der Waals surface area contributed by atoms with Crippen LogP contribution in [0.5, 0.6) is 0 Å². The molecule has 0 spiro atoms. The third kappa shape index (κ3) is 4.23. The second-order valence-corrected chi connectivity index (χ2v) is 5.48. The molecule has 0 aliphatic rings. The summed E-state index contributed by atoms with van der Waals surface area (Å²) < 4.78 is 18.8. The summed E-state index contributed by atoms with van der Waals surface area (Å²) in [5, 5.41) is 11.4. The van der Waals surface area contributed by atoms with E-state index in [1.165, 1.54) is 6.07 Å². The molecule has 3 aromatic rings. The molecule has 0 radical (unpaired) electrons. The molecule has 1 N–H and O–H groups in total. The van der Waals surface area contributed by atoms with Crippen molar-refractivity contribution < 1.29 is 8.81 Å². The zero-order valence-electron chi connectivity index (χ0n) is 12.9. The van der Waals surface area contributed by atoms with E-state index in [0.717, 1.165) is 17.5 Å². The van der Waals surface area contributed by atoms with E-state index in [9.17, 15) is 4.39 Å². The summed E-state index contributed by atoms with van der Waals surface area (Å²) in [6.07, 6.45) is 0.734. The average molecular weight is 311 g/mol. The van der Waals surface area contributed by atoms with Gasteiger partial charge < -0.3 is 9.73 Å². The minimum Gasteiger partial charge on any atom is -0.419 e. The second kappa shape index (κ2) is 7.15. The van der Waals surface area contributed by atoms with Crippen molar-refractivity contribution >= 4 is 0 Å². The second-order valence-electron chi connectivity index (χ2n) is 5.48. The molecule has 3 rings (SSSR count). The lowest BCUT2D eigenvalue weighted by Gasteiger charge is -2.12. The van der Waals surface area contributed by atoms with Crippen molar-refractivity contribution in [2.75, 3.05) is 0 Å². The summed E-state index contributed by atoms with van der Waals surface area (Å²) in [4.78, 5) is 0. The summed E-state index contributed by atoms with van der Waals surface area (Å²) in [6, 6.07) is 16.5. The molecule has 4 nitrogen and oxygen atoms in total. The van der Waals surface area contributed by atoms with Crippen LogP contribution in [0.3, 0.4) is 0 Å². The Hall–Kier alpha value is -2.53. The summed E-state index contributed by atoms with van der Waals surface area (Å²) in [7, 11) is 0. The Kier molecular flexibility index (Phi) is 4.78. The van der Waals surface area contributed by atoms with Crippen molar-refractivity contribution in [3.63, 3.8) is 0 Å². The molecule has 1 heterocycles. The van der Waals surface area contributed by atoms with Gasteiger partial charge in [0.15, 0.2) is 0 Å². The van der Waals surface area contributed by atoms with Crippen LogP contribution in [0.25, 0.3) is 11.5 Å². The number of aromatic nitrogens is 2. The Morgan fingerprint density at radius 2 is 1.91 bits per heavy atom. The van der Waals surface area contributed by atoms with Gasteiger partial charge in [-0.05, 0) is 43.2 Å². The lowest BCUT2D eigenvalue weighted by Crippen LogP contribution is -2.27. The largest absolute Gasteiger partial charge is 0.419 e. The van der Waals surface area contributed by atoms with Gasteiger partial charge >= 0.3 is 0 Å². The molecule has 0 saturated carbocycles. The molecule has 0 saturated heterocycles. The van der Waals surface area contributed by atoms with Crippen LogP contribution in [0.2, 0.25) is 0 Å². The first-order chi connectivity index (χ1) is 11.2. The number of nitrogens with one attached hydrogen (secondary N) is 1. The van der Waals surface area contributed by atoms with Crippen molar-refractivity contribution in [3.8, 4) is 11.5 Å². The zero-order valence-corrected chi connectivity index (χ0v) is 12.9. The number of hydrogen-bond acceptors (Lipinski definition) is 4. The molecule has 1 atom stereocenters. The smallest absolute Gasteiger partial charge is 0.247 e. The molecule has 23 heavy (non-hydrogen) atoms. The average Bonchev–Trinajstić information content (AvgIpc) is 3.03. The maximum Gasteiger partial charge on any atom is 0.247 e. The van der Waals surface area contributed by atoms with E-state index in [1.807, 2.05) is 43.3 Å². The van der Waals surface area contributed by atoms with E-state index in [-0.39, 0.29) is 11.9 Å². The van der Waals surface area contributed by atoms with E-state index in [0.29, 0.717) is 18.3 Å². The standard InChI is InChI=1S/C18H18FN3O/c1-13(10-14-6-5-9-16(19)11-14)20-12-17-21-22-18(23-17)15-7-3-2-4-8-15/h2-9,11,13,20H,10,12H2,1H3. The van der Waals surface area contributed by atoms with Crippen LogP contribution in [0, 0.1) is 5.82 Å². The molecule has 0 aliphatic heterocycles. The van der Waals surface area contributed by atoms with Crippen LogP contribution in [0.1, 0.15) is 18.4 Å². The number of benzene rings is 2. The van der Waals surface area contributed by atoms with Crippen LogP contribution in [0.4, 0.5) is 4.39 Å². The Morgan fingerprint density at radius 1 is 1.09 bits per heavy atom. The van der Waals surface area contributed by atoms with Gasteiger partial charge in [0.25, 0.3) is 0 Å². The summed E-state index contributed by atoms with van der Waals surface area (Å²) in [6.45, 7) is 2.52. The van der Waals surface area contributed by atoms with E-state index >= 15 is 0 Å². The minimum atomic E-state index is -0.209. The van der Waals surface area contributed by atoms with E-state index in [4.69, 9.17) is 4.42 Å². The molecule has 2 aromatic carbocycles. The predicted molar refractivity (Wildman–Crippen MR) is 86.1 cm³/mol. The number of rotatable bonds is 6. The molecule has 0 aliphatic carbocycles. The SMILES string of the molecule is CC(Cc1cccc(F)c1)NCc1nnc(-c2ccccc2)o1. The fourth-order valence-corrected chi connectivity index (χ4v) is 2.37. The van der Waals surface area contributed by atoms with Crippen LogP contribution < -0.4 is 5.32 Å². The molecule has 1 aromatic heterocycles. The van der Waals surface area contributed by atoms with Crippen molar-refractivity contribution in [1.29, 1.82) is 0 Å².